The molecule has 3 atom stereocenters. The third kappa shape index (κ3) is 3.53. The smallest absolute Gasteiger partial charge is 0.160 e. The highest BCUT2D eigenvalue weighted by molar-refractivity contribution is 4.89. The predicted octanol–water partition coefficient (Wildman–Crippen LogP) is 0.924. The lowest BCUT2D eigenvalue weighted by Gasteiger charge is -2.15. The van der Waals surface area contributed by atoms with Crippen molar-refractivity contribution in [3.8, 4) is 0 Å². The highest BCUT2D eigenvalue weighted by atomic mass is 16.7. The monoisotopic (exact) mass is 204 g/mol. The number of aliphatic hydroxyl groups is 1. The van der Waals surface area contributed by atoms with Gasteiger partial charge in [0.2, 0.25) is 0 Å². The van der Waals surface area contributed by atoms with E-state index in [0.717, 1.165) is 0 Å². The third-order valence-corrected chi connectivity index (χ3v) is 2.23. The Morgan fingerprint density at radius 2 is 1.86 bits per heavy atom. The molecule has 1 saturated heterocycles. The SMILES string of the molecule is CCOC(C[C@H]1O[C@@H]1[C@@H](C)O)OCC. The topological polar surface area (TPSA) is 51.2 Å². The van der Waals surface area contributed by atoms with Crippen LogP contribution in [0.4, 0.5) is 0 Å². The van der Waals surface area contributed by atoms with Crippen LogP contribution in [0.2, 0.25) is 0 Å². The van der Waals surface area contributed by atoms with Gasteiger partial charge in [-0.15, -0.1) is 0 Å². The zero-order valence-electron chi connectivity index (χ0n) is 9.10. The van der Waals surface area contributed by atoms with Crippen LogP contribution in [0, 0.1) is 0 Å². The molecule has 0 spiro atoms. The van der Waals surface area contributed by atoms with Crippen molar-refractivity contribution in [3.63, 3.8) is 0 Å². The van der Waals surface area contributed by atoms with Gasteiger partial charge in [-0.05, 0) is 20.8 Å². The van der Waals surface area contributed by atoms with Gasteiger partial charge in [-0.1, -0.05) is 0 Å². The maximum Gasteiger partial charge on any atom is 0.160 e. The molecule has 0 aromatic heterocycles. The molecule has 14 heavy (non-hydrogen) atoms. The minimum atomic E-state index is -0.399. The zero-order chi connectivity index (χ0) is 10.6. The highest BCUT2D eigenvalue weighted by Gasteiger charge is 2.43. The summed E-state index contributed by atoms with van der Waals surface area (Å²) in [5, 5.41) is 9.23. The van der Waals surface area contributed by atoms with Crippen molar-refractivity contribution in [1.29, 1.82) is 0 Å². The van der Waals surface area contributed by atoms with Crippen LogP contribution in [-0.2, 0) is 14.2 Å². The first-order valence-electron chi connectivity index (χ1n) is 5.25. The summed E-state index contributed by atoms with van der Waals surface area (Å²) in [7, 11) is 0. The van der Waals surface area contributed by atoms with E-state index in [1.807, 2.05) is 13.8 Å². The van der Waals surface area contributed by atoms with Gasteiger partial charge in [-0.3, -0.25) is 0 Å². The van der Waals surface area contributed by atoms with Gasteiger partial charge in [0.25, 0.3) is 0 Å². The summed E-state index contributed by atoms with van der Waals surface area (Å²) < 4.78 is 16.0. The predicted molar refractivity (Wildman–Crippen MR) is 52.0 cm³/mol. The summed E-state index contributed by atoms with van der Waals surface area (Å²) in [5.41, 5.74) is 0. The summed E-state index contributed by atoms with van der Waals surface area (Å²) in [6, 6.07) is 0. The Morgan fingerprint density at radius 3 is 2.21 bits per heavy atom. The normalized spacial score (nSPS) is 28.1. The van der Waals surface area contributed by atoms with Crippen LogP contribution in [-0.4, -0.2) is 42.9 Å². The second kappa shape index (κ2) is 5.66. The molecule has 0 aromatic carbocycles. The first-order chi connectivity index (χ1) is 6.69. The molecular weight excluding hydrogens is 184 g/mol. The minimum Gasteiger partial charge on any atom is -0.391 e. The van der Waals surface area contributed by atoms with Crippen LogP contribution in [0.5, 0.6) is 0 Å². The van der Waals surface area contributed by atoms with Crippen molar-refractivity contribution in [2.24, 2.45) is 0 Å². The second-order valence-corrected chi connectivity index (χ2v) is 3.46. The van der Waals surface area contributed by atoms with Crippen molar-refractivity contribution in [1.82, 2.24) is 0 Å². The number of rotatable bonds is 7. The fourth-order valence-corrected chi connectivity index (χ4v) is 1.52. The molecule has 0 saturated carbocycles. The molecule has 1 aliphatic rings. The lowest BCUT2D eigenvalue weighted by atomic mass is 10.2. The van der Waals surface area contributed by atoms with E-state index < -0.39 is 6.10 Å². The quantitative estimate of drug-likeness (QED) is 0.495. The van der Waals surface area contributed by atoms with E-state index in [-0.39, 0.29) is 18.5 Å². The Kier molecular flexibility index (Phi) is 4.81. The molecule has 1 aliphatic heterocycles. The van der Waals surface area contributed by atoms with E-state index >= 15 is 0 Å². The van der Waals surface area contributed by atoms with Crippen molar-refractivity contribution >= 4 is 0 Å². The lowest BCUT2D eigenvalue weighted by molar-refractivity contribution is -0.141. The summed E-state index contributed by atoms with van der Waals surface area (Å²) >= 11 is 0. The Bertz CT molecular complexity index is 154. The van der Waals surface area contributed by atoms with E-state index in [4.69, 9.17) is 14.2 Å². The van der Waals surface area contributed by atoms with E-state index in [2.05, 4.69) is 0 Å². The van der Waals surface area contributed by atoms with Gasteiger partial charge in [-0.2, -0.15) is 0 Å². The maximum atomic E-state index is 9.23. The molecule has 0 unspecified atom stereocenters. The number of aliphatic hydroxyl groups excluding tert-OH is 1. The van der Waals surface area contributed by atoms with Gasteiger partial charge in [0.1, 0.15) is 6.10 Å². The molecule has 0 aliphatic carbocycles. The second-order valence-electron chi connectivity index (χ2n) is 3.46. The first-order valence-corrected chi connectivity index (χ1v) is 5.25. The highest BCUT2D eigenvalue weighted by Crippen LogP contribution is 2.30. The van der Waals surface area contributed by atoms with E-state index in [1.54, 1.807) is 6.92 Å². The van der Waals surface area contributed by atoms with Crippen LogP contribution < -0.4 is 0 Å². The fraction of sp³-hybridized carbons (Fsp3) is 1.00. The molecular formula is C10H20O4. The third-order valence-electron chi connectivity index (χ3n) is 2.23. The Labute approximate surface area is 85.2 Å². The Hall–Kier alpha value is -0.160. The Balaban J connectivity index is 2.20. The van der Waals surface area contributed by atoms with E-state index in [1.165, 1.54) is 0 Å². The molecule has 1 N–H and O–H groups in total. The van der Waals surface area contributed by atoms with Crippen molar-refractivity contribution < 1.29 is 19.3 Å². The van der Waals surface area contributed by atoms with Gasteiger partial charge in [0.15, 0.2) is 6.29 Å². The number of hydrogen-bond donors (Lipinski definition) is 1. The summed E-state index contributed by atoms with van der Waals surface area (Å²) in [6.07, 6.45) is 0.177. The Morgan fingerprint density at radius 1 is 1.29 bits per heavy atom. The van der Waals surface area contributed by atoms with E-state index in [9.17, 15) is 5.11 Å². The first kappa shape index (κ1) is 11.9. The van der Waals surface area contributed by atoms with Gasteiger partial charge in [-0.25, -0.2) is 0 Å². The molecule has 84 valence electrons. The summed E-state index contributed by atoms with van der Waals surface area (Å²) in [6.45, 7) is 6.88. The molecule has 0 amide bonds. The van der Waals surface area contributed by atoms with Crippen LogP contribution in [0.25, 0.3) is 0 Å². The van der Waals surface area contributed by atoms with Crippen LogP contribution >= 0.6 is 0 Å². The van der Waals surface area contributed by atoms with Gasteiger partial charge >= 0.3 is 0 Å². The molecule has 1 rings (SSSR count). The van der Waals surface area contributed by atoms with Crippen molar-refractivity contribution in [3.05, 3.63) is 0 Å². The van der Waals surface area contributed by atoms with Crippen LogP contribution in [0.1, 0.15) is 27.2 Å². The molecule has 0 aromatic rings. The molecule has 4 nitrogen and oxygen atoms in total. The van der Waals surface area contributed by atoms with Gasteiger partial charge < -0.3 is 19.3 Å². The maximum absolute atomic E-state index is 9.23. The molecule has 0 bridgehead atoms. The van der Waals surface area contributed by atoms with E-state index in [0.29, 0.717) is 19.6 Å². The number of ether oxygens (including phenoxy) is 3. The standard InChI is InChI=1S/C10H20O4/c1-4-12-9(13-5-2)6-8-10(14-8)7(3)11/h7-11H,4-6H2,1-3H3/t7-,8-,10-/m1/s1. The summed E-state index contributed by atoms with van der Waals surface area (Å²) in [5.74, 6) is 0. The number of hydrogen-bond acceptors (Lipinski definition) is 4. The van der Waals surface area contributed by atoms with Gasteiger partial charge in [0, 0.05) is 19.6 Å². The summed E-state index contributed by atoms with van der Waals surface area (Å²) in [4.78, 5) is 0. The average molecular weight is 204 g/mol. The molecule has 1 fully saturated rings. The average Bonchev–Trinajstić information content (AvgIpc) is 2.85. The minimum absolute atomic E-state index is 0.0292. The van der Waals surface area contributed by atoms with Crippen molar-refractivity contribution in [2.75, 3.05) is 13.2 Å². The van der Waals surface area contributed by atoms with Crippen molar-refractivity contribution in [2.45, 2.75) is 51.8 Å². The molecule has 0 radical (unpaired) electrons. The largest absolute Gasteiger partial charge is 0.391 e. The van der Waals surface area contributed by atoms with Crippen LogP contribution in [0.15, 0.2) is 0 Å². The number of epoxide rings is 1. The fourth-order valence-electron chi connectivity index (χ4n) is 1.52. The van der Waals surface area contributed by atoms with Gasteiger partial charge in [0.05, 0.1) is 12.2 Å². The zero-order valence-corrected chi connectivity index (χ0v) is 9.10. The van der Waals surface area contributed by atoms with Crippen LogP contribution in [0.3, 0.4) is 0 Å². The lowest BCUT2D eigenvalue weighted by Crippen LogP contribution is -2.22. The molecule has 4 heteroatoms. The molecule has 1 heterocycles.